The van der Waals surface area contributed by atoms with Gasteiger partial charge in [0, 0.05) is 17.9 Å². The monoisotopic (exact) mass is 416 g/mol. The molecule has 166 valence electrons. The summed E-state index contributed by atoms with van der Waals surface area (Å²) in [5.41, 5.74) is 2.77. The van der Waals surface area contributed by atoms with Crippen molar-refractivity contribution < 1.29 is 24.2 Å². The Balaban J connectivity index is 2.03. The number of esters is 1. The molecule has 0 spiro atoms. The van der Waals surface area contributed by atoms with Crippen molar-refractivity contribution in [2.24, 2.45) is 23.7 Å². The van der Waals surface area contributed by atoms with Gasteiger partial charge in [-0.15, -0.1) is 0 Å². The van der Waals surface area contributed by atoms with Gasteiger partial charge in [0.2, 0.25) is 0 Å². The number of aliphatic hydroxyl groups is 1. The smallest absolute Gasteiger partial charge is 0.331 e. The zero-order chi connectivity index (χ0) is 22.6. The molecule has 0 aromatic rings. The molecule has 30 heavy (non-hydrogen) atoms. The first-order valence-electron chi connectivity index (χ1n) is 11.0. The SMILES string of the molecule is CC(C)=CC(O)C(=O)C(C)C1CCC(C)C1C(=O)C=C(C)CCC1OC(=O)C=C1C. The number of aliphatic hydroxyl groups excluding tert-OH is 1. The molecule has 5 heteroatoms. The number of Topliss-reactive ketones (excluding diaryl/α,β-unsaturated/α-hetero) is 1. The van der Waals surface area contributed by atoms with Gasteiger partial charge in [0.1, 0.15) is 12.2 Å². The lowest BCUT2D eigenvalue weighted by Gasteiger charge is -2.26. The molecule has 6 atom stereocenters. The predicted molar refractivity (Wildman–Crippen MR) is 117 cm³/mol. The van der Waals surface area contributed by atoms with Gasteiger partial charge in [-0.3, -0.25) is 9.59 Å². The summed E-state index contributed by atoms with van der Waals surface area (Å²) in [5, 5.41) is 10.2. The maximum atomic E-state index is 13.1. The number of carbonyl (C=O) groups is 3. The fourth-order valence-corrected chi connectivity index (χ4v) is 4.77. The maximum Gasteiger partial charge on any atom is 0.331 e. The third-order valence-corrected chi connectivity index (χ3v) is 6.53. The summed E-state index contributed by atoms with van der Waals surface area (Å²) < 4.78 is 5.26. The average molecular weight is 417 g/mol. The van der Waals surface area contributed by atoms with E-state index in [1.54, 1.807) is 12.2 Å². The summed E-state index contributed by atoms with van der Waals surface area (Å²) >= 11 is 0. The minimum atomic E-state index is -1.11. The van der Waals surface area contributed by atoms with E-state index in [1.807, 2.05) is 34.6 Å². The minimum absolute atomic E-state index is 0.0507. The van der Waals surface area contributed by atoms with E-state index in [2.05, 4.69) is 6.92 Å². The van der Waals surface area contributed by atoms with Crippen LogP contribution in [0.3, 0.4) is 0 Å². The lowest BCUT2D eigenvalue weighted by Crippen LogP contribution is -2.35. The van der Waals surface area contributed by atoms with Crippen molar-refractivity contribution >= 4 is 17.5 Å². The first-order valence-corrected chi connectivity index (χ1v) is 11.0. The van der Waals surface area contributed by atoms with Gasteiger partial charge in [-0.25, -0.2) is 4.79 Å². The molecule has 6 unspecified atom stereocenters. The number of rotatable bonds is 9. The Bertz CT molecular complexity index is 768. The van der Waals surface area contributed by atoms with E-state index in [4.69, 9.17) is 4.74 Å². The molecule has 1 fully saturated rings. The largest absolute Gasteiger partial charge is 0.455 e. The maximum absolute atomic E-state index is 13.1. The number of ketones is 2. The van der Waals surface area contributed by atoms with Gasteiger partial charge in [-0.05, 0) is 76.9 Å². The van der Waals surface area contributed by atoms with Crippen LogP contribution in [0.4, 0.5) is 0 Å². The fourth-order valence-electron chi connectivity index (χ4n) is 4.77. The molecule has 2 rings (SSSR count). The number of allylic oxidation sites excluding steroid dienone is 3. The highest BCUT2D eigenvalue weighted by molar-refractivity contribution is 5.94. The Kier molecular flexibility index (Phi) is 8.36. The number of ether oxygens (including phenoxy) is 1. The summed E-state index contributed by atoms with van der Waals surface area (Å²) in [6.45, 7) is 11.4. The molecule has 0 bridgehead atoms. The standard InChI is InChI=1S/C25H36O5/c1-14(2)11-21(27)25(29)18(6)19-9-8-16(4)24(19)20(26)12-15(3)7-10-22-17(5)13-23(28)30-22/h11-13,16,18-19,21-22,24,27H,7-10H2,1-6H3. The summed E-state index contributed by atoms with van der Waals surface area (Å²) in [6.07, 6.45) is 6.55. The van der Waals surface area contributed by atoms with E-state index in [1.165, 1.54) is 6.08 Å². The number of cyclic esters (lactones) is 1. The summed E-state index contributed by atoms with van der Waals surface area (Å²) in [4.78, 5) is 37.1. The van der Waals surface area contributed by atoms with Gasteiger partial charge < -0.3 is 9.84 Å². The molecule has 1 aliphatic heterocycles. The van der Waals surface area contributed by atoms with Crippen LogP contribution in [-0.4, -0.2) is 34.9 Å². The first-order chi connectivity index (χ1) is 14.0. The van der Waals surface area contributed by atoms with Crippen molar-refractivity contribution in [2.45, 2.75) is 79.4 Å². The predicted octanol–water partition coefficient (Wildman–Crippen LogP) is 4.35. The van der Waals surface area contributed by atoms with Crippen LogP contribution < -0.4 is 0 Å². The highest BCUT2D eigenvalue weighted by atomic mass is 16.5. The Morgan fingerprint density at radius 1 is 1.27 bits per heavy atom. The highest BCUT2D eigenvalue weighted by Crippen LogP contribution is 2.42. The Labute approximate surface area is 180 Å². The molecule has 0 aromatic heterocycles. The van der Waals surface area contributed by atoms with Crippen molar-refractivity contribution in [3.63, 3.8) is 0 Å². The molecule has 0 aromatic carbocycles. The van der Waals surface area contributed by atoms with E-state index in [-0.39, 0.29) is 47.3 Å². The van der Waals surface area contributed by atoms with Crippen molar-refractivity contribution in [3.8, 4) is 0 Å². The fraction of sp³-hybridized carbons (Fsp3) is 0.640. The summed E-state index contributed by atoms with van der Waals surface area (Å²) in [7, 11) is 0. The Morgan fingerprint density at radius 3 is 2.50 bits per heavy atom. The highest BCUT2D eigenvalue weighted by Gasteiger charge is 2.43. The zero-order valence-corrected chi connectivity index (χ0v) is 19.1. The van der Waals surface area contributed by atoms with Gasteiger partial charge in [0.25, 0.3) is 0 Å². The van der Waals surface area contributed by atoms with Crippen LogP contribution in [0.25, 0.3) is 0 Å². The van der Waals surface area contributed by atoms with Gasteiger partial charge in [0.05, 0.1) is 0 Å². The lowest BCUT2D eigenvalue weighted by molar-refractivity contribution is -0.139. The topological polar surface area (TPSA) is 80.7 Å². The van der Waals surface area contributed by atoms with Crippen molar-refractivity contribution in [3.05, 3.63) is 34.9 Å². The van der Waals surface area contributed by atoms with Crippen molar-refractivity contribution in [1.82, 2.24) is 0 Å². The second-order valence-electron chi connectivity index (χ2n) is 9.37. The van der Waals surface area contributed by atoms with Crippen LogP contribution in [-0.2, 0) is 19.1 Å². The van der Waals surface area contributed by atoms with Crippen LogP contribution in [0, 0.1) is 23.7 Å². The van der Waals surface area contributed by atoms with Crippen LogP contribution in [0.5, 0.6) is 0 Å². The second kappa shape index (κ2) is 10.3. The second-order valence-corrected chi connectivity index (χ2v) is 9.37. The zero-order valence-electron chi connectivity index (χ0n) is 19.1. The van der Waals surface area contributed by atoms with E-state index < -0.39 is 6.10 Å². The van der Waals surface area contributed by atoms with E-state index in [0.717, 1.165) is 29.6 Å². The molecule has 1 N–H and O–H groups in total. The minimum Gasteiger partial charge on any atom is -0.455 e. The van der Waals surface area contributed by atoms with Crippen LogP contribution in [0.1, 0.15) is 67.2 Å². The normalized spacial score (nSPS) is 28.6. The third kappa shape index (κ3) is 6.00. The molecule has 0 amide bonds. The molecular weight excluding hydrogens is 380 g/mol. The summed E-state index contributed by atoms with van der Waals surface area (Å²) in [5.74, 6) is -0.855. The van der Waals surface area contributed by atoms with Crippen molar-refractivity contribution in [2.75, 3.05) is 0 Å². The van der Waals surface area contributed by atoms with Crippen LogP contribution in [0.15, 0.2) is 34.9 Å². The van der Waals surface area contributed by atoms with Gasteiger partial charge in [-0.1, -0.05) is 31.1 Å². The lowest BCUT2D eigenvalue weighted by atomic mass is 9.76. The summed E-state index contributed by atoms with van der Waals surface area (Å²) in [6, 6.07) is 0. The van der Waals surface area contributed by atoms with Crippen LogP contribution >= 0.6 is 0 Å². The number of carbonyl (C=O) groups excluding carboxylic acids is 3. The van der Waals surface area contributed by atoms with Gasteiger partial charge >= 0.3 is 5.97 Å². The number of hydrogen-bond donors (Lipinski definition) is 1. The van der Waals surface area contributed by atoms with E-state index in [9.17, 15) is 19.5 Å². The van der Waals surface area contributed by atoms with Gasteiger partial charge in [0.15, 0.2) is 11.6 Å². The third-order valence-electron chi connectivity index (χ3n) is 6.53. The molecule has 1 aliphatic carbocycles. The van der Waals surface area contributed by atoms with Crippen LogP contribution in [0.2, 0.25) is 0 Å². The molecule has 1 saturated carbocycles. The molecule has 2 aliphatic rings. The molecule has 0 saturated heterocycles. The molecule has 0 radical (unpaired) electrons. The Hall–Kier alpha value is -2.01. The van der Waals surface area contributed by atoms with E-state index >= 15 is 0 Å². The first kappa shape index (κ1) is 24.3. The molecular formula is C25H36O5. The number of hydrogen-bond acceptors (Lipinski definition) is 5. The molecule has 1 heterocycles. The van der Waals surface area contributed by atoms with Crippen molar-refractivity contribution in [1.29, 1.82) is 0 Å². The average Bonchev–Trinajstić information content (AvgIpc) is 3.19. The Morgan fingerprint density at radius 2 is 1.93 bits per heavy atom. The molecule has 5 nitrogen and oxygen atoms in total. The van der Waals surface area contributed by atoms with Gasteiger partial charge in [-0.2, -0.15) is 0 Å². The van der Waals surface area contributed by atoms with E-state index in [0.29, 0.717) is 12.8 Å². The quantitative estimate of drug-likeness (QED) is 0.343.